The highest BCUT2D eigenvalue weighted by atomic mass is 16.6. The number of anilines is 1. The fraction of sp³-hybridized carbons (Fsp3) is 0.500. The molecule has 0 radical (unpaired) electrons. The van der Waals surface area contributed by atoms with Crippen LogP contribution in [-0.4, -0.2) is 11.0 Å². The first-order valence-corrected chi connectivity index (χ1v) is 5.56. The maximum absolute atomic E-state index is 10.6. The van der Waals surface area contributed by atoms with Crippen LogP contribution in [0.3, 0.4) is 0 Å². The number of benzene rings is 1. The highest BCUT2D eigenvalue weighted by Crippen LogP contribution is 2.22. The van der Waals surface area contributed by atoms with Gasteiger partial charge in [-0.25, -0.2) is 0 Å². The normalized spacial score (nSPS) is 12.2. The van der Waals surface area contributed by atoms with Gasteiger partial charge in [-0.1, -0.05) is 13.3 Å². The number of aryl methyl sites for hydroxylation is 1. The van der Waals surface area contributed by atoms with Crippen molar-refractivity contribution < 1.29 is 4.92 Å². The summed E-state index contributed by atoms with van der Waals surface area (Å²) in [6.07, 6.45) is 2.22. The van der Waals surface area contributed by atoms with Crippen LogP contribution in [0.25, 0.3) is 0 Å². The molecule has 0 aliphatic heterocycles. The smallest absolute Gasteiger partial charge is 0.269 e. The van der Waals surface area contributed by atoms with Gasteiger partial charge in [0.25, 0.3) is 5.69 Å². The Morgan fingerprint density at radius 2 is 2.19 bits per heavy atom. The van der Waals surface area contributed by atoms with Crippen molar-refractivity contribution in [3.63, 3.8) is 0 Å². The van der Waals surface area contributed by atoms with Crippen molar-refractivity contribution in [2.75, 3.05) is 5.32 Å². The molecule has 0 bridgehead atoms. The molecule has 0 aromatic heterocycles. The van der Waals surface area contributed by atoms with Crippen LogP contribution < -0.4 is 5.32 Å². The van der Waals surface area contributed by atoms with Gasteiger partial charge in [0, 0.05) is 23.9 Å². The van der Waals surface area contributed by atoms with Gasteiger partial charge in [-0.15, -0.1) is 0 Å². The van der Waals surface area contributed by atoms with Crippen molar-refractivity contribution in [2.45, 2.75) is 39.7 Å². The number of nitro groups is 1. The first kappa shape index (κ1) is 12.5. The van der Waals surface area contributed by atoms with Crippen molar-refractivity contribution in [2.24, 2.45) is 0 Å². The summed E-state index contributed by atoms with van der Waals surface area (Å²) in [5.41, 5.74) is 2.04. The van der Waals surface area contributed by atoms with Crippen molar-refractivity contribution in [1.82, 2.24) is 0 Å². The van der Waals surface area contributed by atoms with E-state index in [1.807, 2.05) is 6.92 Å². The van der Waals surface area contributed by atoms with Gasteiger partial charge in [-0.2, -0.15) is 0 Å². The molecule has 16 heavy (non-hydrogen) atoms. The Balaban J connectivity index is 2.79. The number of nitrogens with one attached hydrogen (secondary N) is 1. The predicted octanol–water partition coefficient (Wildman–Crippen LogP) is 3.50. The van der Waals surface area contributed by atoms with E-state index >= 15 is 0 Å². The molecule has 0 spiro atoms. The molecule has 1 aromatic rings. The average molecular weight is 222 g/mol. The van der Waals surface area contributed by atoms with Crippen LogP contribution in [0.15, 0.2) is 18.2 Å². The van der Waals surface area contributed by atoms with E-state index in [4.69, 9.17) is 0 Å². The Kier molecular flexibility index (Phi) is 4.28. The van der Waals surface area contributed by atoms with E-state index in [2.05, 4.69) is 19.2 Å². The summed E-state index contributed by atoms with van der Waals surface area (Å²) in [5.74, 6) is 0. The summed E-state index contributed by atoms with van der Waals surface area (Å²) in [5, 5.41) is 13.9. The summed E-state index contributed by atoms with van der Waals surface area (Å²) in [6, 6.07) is 5.30. The quantitative estimate of drug-likeness (QED) is 0.612. The van der Waals surface area contributed by atoms with E-state index in [1.54, 1.807) is 12.1 Å². The summed E-state index contributed by atoms with van der Waals surface area (Å²) in [4.78, 5) is 10.2. The molecular weight excluding hydrogens is 204 g/mol. The van der Waals surface area contributed by atoms with E-state index in [9.17, 15) is 10.1 Å². The molecule has 4 heteroatoms. The molecule has 1 rings (SSSR count). The van der Waals surface area contributed by atoms with Crippen molar-refractivity contribution in [3.05, 3.63) is 33.9 Å². The highest BCUT2D eigenvalue weighted by molar-refractivity contribution is 5.55. The molecule has 4 nitrogen and oxygen atoms in total. The van der Waals surface area contributed by atoms with Gasteiger partial charge >= 0.3 is 0 Å². The van der Waals surface area contributed by atoms with E-state index < -0.39 is 0 Å². The average Bonchev–Trinajstić information content (AvgIpc) is 2.21. The minimum atomic E-state index is -0.369. The van der Waals surface area contributed by atoms with Gasteiger partial charge < -0.3 is 5.32 Å². The van der Waals surface area contributed by atoms with Crippen molar-refractivity contribution in [3.8, 4) is 0 Å². The lowest BCUT2D eigenvalue weighted by Gasteiger charge is -2.15. The first-order valence-electron chi connectivity index (χ1n) is 5.56. The predicted molar refractivity (Wildman–Crippen MR) is 65.8 cm³/mol. The molecule has 0 amide bonds. The Hall–Kier alpha value is -1.58. The van der Waals surface area contributed by atoms with Crippen LogP contribution >= 0.6 is 0 Å². The second kappa shape index (κ2) is 5.49. The molecule has 0 aliphatic rings. The number of non-ortho nitro benzene ring substituents is 1. The van der Waals surface area contributed by atoms with E-state index in [1.165, 1.54) is 6.07 Å². The van der Waals surface area contributed by atoms with Gasteiger partial charge in [0.1, 0.15) is 0 Å². The van der Waals surface area contributed by atoms with Crippen molar-refractivity contribution >= 4 is 11.4 Å². The minimum absolute atomic E-state index is 0.145. The zero-order valence-electron chi connectivity index (χ0n) is 9.99. The maximum atomic E-state index is 10.6. The second-order valence-corrected chi connectivity index (χ2v) is 4.09. The van der Waals surface area contributed by atoms with Crippen LogP contribution in [0.4, 0.5) is 11.4 Å². The fourth-order valence-corrected chi connectivity index (χ4v) is 1.69. The van der Waals surface area contributed by atoms with Gasteiger partial charge in [-0.3, -0.25) is 10.1 Å². The zero-order chi connectivity index (χ0) is 12.1. The molecule has 1 atom stereocenters. The van der Waals surface area contributed by atoms with E-state index in [-0.39, 0.29) is 10.6 Å². The number of nitrogens with zero attached hydrogens (tertiary/aromatic N) is 1. The molecule has 1 N–H and O–H groups in total. The Morgan fingerprint density at radius 3 is 2.69 bits per heavy atom. The molecule has 1 unspecified atom stereocenters. The van der Waals surface area contributed by atoms with Crippen LogP contribution in [0.2, 0.25) is 0 Å². The number of hydrogen-bond donors (Lipinski definition) is 1. The monoisotopic (exact) mass is 222 g/mol. The van der Waals surface area contributed by atoms with Crippen molar-refractivity contribution in [1.29, 1.82) is 0 Å². The summed E-state index contributed by atoms with van der Waals surface area (Å²) < 4.78 is 0. The van der Waals surface area contributed by atoms with Crippen LogP contribution in [0.1, 0.15) is 32.3 Å². The lowest BCUT2D eigenvalue weighted by atomic mass is 10.1. The van der Waals surface area contributed by atoms with Gasteiger partial charge in [0.2, 0.25) is 0 Å². The largest absolute Gasteiger partial charge is 0.382 e. The van der Waals surface area contributed by atoms with E-state index in [0.29, 0.717) is 6.04 Å². The molecule has 88 valence electrons. The highest BCUT2D eigenvalue weighted by Gasteiger charge is 2.09. The molecule has 0 heterocycles. The summed E-state index contributed by atoms with van der Waals surface area (Å²) in [7, 11) is 0. The third kappa shape index (κ3) is 3.22. The van der Waals surface area contributed by atoms with E-state index in [0.717, 1.165) is 24.1 Å². The molecular formula is C12H18N2O2. The second-order valence-electron chi connectivity index (χ2n) is 4.09. The Labute approximate surface area is 95.8 Å². The number of rotatable bonds is 5. The van der Waals surface area contributed by atoms with Gasteiger partial charge in [0.15, 0.2) is 0 Å². The third-order valence-corrected chi connectivity index (χ3v) is 2.54. The molecule has 1 aromatic carbocycles. The van der Waals surface area contributed by atoms with Crippen LogP contribution in [0, 0.1) is 17.0 Å². The minimum Gasteiger partial charge on any atom is -0.382 e. The van der Waals surface area contributed by atoms with Crippen LogP contribution in [0.5, 0.6) is 0 Å². The Morgan fingerprint density at radius 1 is 1.50 bits per heavy atom. The Bertz CT molecular complexity index is 377. The topological polar surface area (TPSA) is 55.2 Å². The zero-order valence-corrected chi connectivity index (χ0v) is 9.99. The maximum Gasteiger partial charge on any atom is 0.269 e. The fourth-order valence-electron chi connectivity index (χ4n) is 1.69. The first-order chi connectivity index (χ1) is 7.54. The molecule has 0 fully saturated rings. The molecule has 0 saturated heterocycles. The summed E-state index contributed by atoms with van der Waals surface area (Å²) in [6.45, 7) is 6.14. The van der Waals surface area contributed by atoms with Gasteiger partial charge in [0.05, 0.1) is 4.92 Å². The lowest BCUT2D eigenvalue weighted by molar-refractivity contribution is -0.384. The number of nitro benzene ring substituents is 1. The van der Waals surface area contributed by atoms with Gasteiger partial charge in [-0.05, 0) is 31.9 Å². The summed E-state index contributed by atoms with van der Waals surface area (Å²) >= 11 is 0. The van der Waals surface area contributed by atoms with Crippen LogP contribution in [-0.2, 0) is 0 Å². The molecule has 0 saturated carbocycles. The molecule has 0 aliphatic carbocycles. The lowest BCUT2D eigenvalue weighted by Crippen LogP contribution is -2.15. The number of hydrogen-bond acceptors (Lipinski definition) is 3. The third-order valence-electron chi connectivity index (χ3n) is 2.54. The standard InChI is InChI=1S/C12H18N2O2/c1-4-5-10(3)13-12-7-6-11(14(15)16)8-9(12)2/h6-8,10,13H,4-5H2,1-3H3. The SMILES string of the molecule is CCCC(C)Nc1ccc([N+](=O)[O-])cc1C.